The fourth-order valence-electron chi connectivity index (χ4n) is 2.55. The van der Waals surface area contributed by atoms with Gasteiger partial charge < -0.3 is 4.74 Å². The summed E-state index contributed by atoms with van der Waals surface area (Å²) in [5, 5.41) is 3.77. The highest BCUT2D eigenvalue weighted by atomic mass is 32.1. The molecule has 1 atom stereocenters. The first-order valence-corrected chi connectivity index (χ1v) is 8.79. The number of amides is 4. The van der Waals surface area contributed by atoms with Crippen LogP contribution in [-0.2, 0) is 14.3 Å². The van der Waals surface area contributed by atoms with Gasteiger partial charge in [-0.05, 0) is 30.5 Å². The molecule has 2 aromatic rings. The number of hydrogen-bond acceptors (Lipinski definition) is 7. The predicted octanol–water partition coefficient (Wildman–Crippen LogP) is 1.23. The van der Waals surface area contributed by atoms with Crippen molar-refractivity contribution < 1.29 is 28.7 Å². The van der Waals surface area contributed by atoms with Crippen LogP contribution in [0.4, 0.5) is 0 Å². The van der Waals surface area contributed by atoms with Crippen LogP contribution in [0.2, 0.25) is 0 Å². The van der Waals surface area contributed by atoms with Crippen LogP contribution in [0.15, 0.2) is 41.8 Å². The van der Waals surface area contributed by atoms with Gasteiger partial charge >= 0.3 is 5.97 Å². The van der Waals surface area contributed by atoms with E-state index in [4.69, 9.17) is 4.74 Å². The van der Waals surface area contributed by atoms with Gasteiger partial charge in [-0.1, -0.05) is 18.2 Å². The van der Waals surface area contributed by atoms with Gasteiger partial charge in [-0.15, -0.1) is 11.3 Å². The summed E-state index contributed by atoms with van der Waals surface area (Å²) in [6.07, 6.45) is 0. The van der Waals surface area contributed by atoms with E-state index in [9.17, 15) is 24.0 Å². The van der Waals surface area contributed by atoms with Crippen LogP contribution in [0.1, 0.15) is 37.3 Å². The standard InChI is InChI=1S/C18H14N2O6S/c1-10(20-16(23)11-5-2-3-6-12(11)17(20)24)18(25)26-9-14(21)19-15(22)13-7-4-8-27-13/h2-8,10H,9H2,1H3,(H,19,21,22)/t10-/m1/s1. The fraction of sp³-hybridized carbons (Fsp3) is 0.167. The van der Waals surface area contributed by atoms with Gasteiger partial charge in [0.2, 0.25) is 0 Å². The molecule has 0 fully saturated rings. The lowest BCUT2D eigenvalue weighted by Crippen LogP contribution is -2.44. The number of hydrogen-bond donors (Lipinski definition) is 1. The normalized spacial score (nSPS) is 13.9. The van der Waals surface area contributed by atoms with Crippen LogP contribution in [0.3, 0.4) is 0 Å². The average molecular weight is 386 g/mol. The lowest BCUT2D eigenvalue weighted by Gasteiger charge is -2.20. The van der Waals surface area contributed by atoms with E-state index in [1.807, 2.05) is 0 Å². The zero-order valence-corrected chi connectivity index (χ0v) is 14.9. The van der Waals surface area contributed by atoms with Crippen LogP contribution in [-0.4, -0.2) is 47.1 Å². The molecule has 1 aliphatic heterocycles. The molecule has 0 unspecified atom stereocenters. The molecule has 1 N–H and O–H groups in total. The minimum absolute atomic E-state index is 0.210. The van der Waals surface area contributed by atoms with Crippen LogP contribution in [0.25, 0.3) is 0 Å². The summed E-state index contributed by atoms with van der Waals surface area (Å²) < 4.78 is 4.85. The Morgan fingerprint density at radius 1 is 1.07 bits per heavy atom. The van der Waals surface area contributed by atoms with E-state index in [0.29, 0.717) is 4.88 Å². The van der Waals surface area contributed by atoms with Crippen molar-refractivity contribution >= 4 is 40.9 Å². The highest BCUT2D eigenvalue weighted by molar-refractivity contribution is 7.12. The van der Waals surface area contributed by atoms with Crippen molar-refractivity contribution in [3.8, 4) is 0 Å². The predicted molar refractivity (Wildman–Crippen MR) is 94.2 cm³/mol. The van der Waals surface area contributed by atoms with Gasteiger partial charge in [0, 0.05) is 0 Å². The third kappa shape index (κ3) is 3.63. The van der Waals surface area contributed by atoms with E-state index < -0.39 is 42.2 Å². The lowest BCUT2D eigenvalue weighted by atomic mass is 10.1. The van der Waals surface area contributed by atoms with Crippen LogP contribution in [0, 0.1) is 0 Å². The van der Waals surface area contributed by atoms with Gasteiger partial charge in [-0.2, -0.15) is 0 Å². The number of imide groups is 2. The number of nitrogens with one attached hydrogen (secondary N) is 1. The lowest BCUT2D eigenvalue weighted by molar-refractivity contribution is -0.151. The van der Waals surface area contributed by atoms with Crippen molar-refractivity contribution in [2.45, 2.75) is 13.0 Å². The maximum absolute atomic E-state index is 12.3. The number of carbonyl (C=O) groups excluding carboxylic acids is 5. The van der Waals surface area contributed by atoms with E-state index in [1.165, 1.54) is 19.1 Å². The zero-order valence-electron chi connectivity index (χ0n) is 14.1. The molecule has 1 aromatic carbocycles. The molecule has 27 heavy (non-hydrogen) atoms. The summed E-state index contributed by atoms with van der Waals surface area (Å²) >= 11 is 1.16. The number of esters is 1. The van der Waals surface area contributed by atoms with Crippen molar-refractivity contribution in [1.29, 1.82) is 0 Å². The molecule has 1 aromatic heterocycles. The first-order chi connectivity index (χ1) is 12.9. The molecule has 2 heterocycles. The average Bonchev–Trinajstić information content (AvgIpc) is 3.28. The quantitative estimate of drug-likeness (QED) is 0.611. The number of rotatable bonds is 5. The summed E-state index contributed by atoms with van der Waals surface area (Å²) in [6.45, 7) is 0.627. The Bertz CT molecular complexity index is 902. The number of carbonyl (C=O) groups is 5. The van der Waals surface area contributed by atoms with Gasteiger partial charge in [0.05, 0.1) is 16.0 Å². The Labute approximate surface area is 157 Å². The SMILES string of the molecule is C[C@H](C(=O)OCC(=O)NC(=O)c1cccs1)N1C(=O)c2ccccc2C1=O. The largest absolute Gasteiger partial charge is 0.454 e. The number of benzene rings is 1. The van der Waals surface area contributed by atoms with Crippen molar-refractivity contribution in [1.82, 2.24) is 10.2 Å². The highest BCUT2D eigenvalue weighted by Crippen LogP contribution is 2.24. The van der Waals surface area contributed by atoms with Crippen LogP contribution >= 0.6 is 11.3 Å². The second-order valence-electron chi connectivity index (χ2n) is 5.66. The van der Waals surface area contributed by atoms with Crippen molar-refractivity contribution in [3.05, 3.63) is 57.8 Å². The molecule has 0 aliphatic carbocycles. The Kier molecular flexibility index (Phi) is 5.13. The van der Waals surface area contributed by atoms with E-state index >= 15 is 0 Å². The summed E-state index contributed by atoms with van der Waals surface area (Å²) in [6, 6.07) is 8.22. The molecule has 0 saturated heterocycles. The number of fused-ring (bicyclic) bond motifs is 1. The molecule has 4 amide bonds. The first-order valence-electron chi connectivity index (χ1n) is 7.91. The smallest absolute Gasteiger partial charge is 0.329 e. The molecule has 0 radical (unpaired) electrons. The summed E-state index contributed by atoms with van der Waals surface area (Å²) in [7, 11) is 0. The minimum Gasteiger partial charge on any atom is -0.454 e. The van der Waals surface area contributed by atoms with Crippen molar-refractivity contribution in [3.63, 3.8) is 0 Å². The summed E-state index contributed by atoms with van der Waals surface area (Å²) in [5.41, 5.74) is 0.419. The topological polar surface area (TPSA) is 110 Å². The Hall–Kier alpha value is -3.33. The highest BCUT2D eigenvalue weighted by Gasteiger charge is 2.41. The van der Waals surface area contributed by atoms with E-state index in [2.05, 4.69) is 5.32 Å². The second-order valence-corrected chi connectivity index (χ2v) is 6.61. The second kappa shape index (κ2) is 7.50. The Balaban J connectivity index is 1.57. The Morgan fingerprint density at radius 3 is 2.26 bits per heavy atom. The van der Waals surface area contributed by atoms with Gasteiger partial charge in [-0.25, -0.2) is 4.79 Å². The minimum atomic E-state index is -1.21. The molecular formula is C18H14N2O6S. The molecule has 1 aliphatic rings. The third-order valence-corrected chi connectivity index (χ3v) is 4.77. The van der Waals surface area contributed by atoms with Gasteiger partial charge in [0.1, 0.15) is 6.04 Å². The molecular weight excluding hydrogens is 372 g/mol. The maximum atomic E-state index is 12.3. The van der Waals surface area contributed by atoms with Crippen LogP contribution in [0.5, 0.6) is 0 Å². The zero-order chi connectivity index (χ0) is 19.6. The molecule has 0 saturated carbocycles. The number of thiophene rings is 1. The molecule has 138 valence electrons. The third-order valence-electron chi connectivity index (χ3n) is 3.90. The first kappa shape index (κ1) is 18.5. The van der Waals surface area contributed by atoms with Gasteiger partial charge in [-0.3, -0.25) is 29.4 Å². The van der Waals surface area contributed by atoms with E-state index in [-0.39, 0.29) is 11.1 Å². The van der Waals surface area contributed by atoms with Crippen molar-refractivity contribution in [2.75, 3.05) is 6.61 Å². The van der Waals surface area contributed by atoms with Crippen LogP contribution < -0.4 is 5.32 Å². The van der Waals surface area contributed by atoms with Gasteiger partial charge in [0.25, 0.3) is 23.6 Å². The monoisotopic (exact) mass is 386 g/mol. The van der Waals surface area contributed by atoms with Gasteiger partial charge in [0.15, 0.2) is 6.61 Å². The molecule has 9 heteroatoms. The van der Waals surface area contributed by atoms with E-state index in [1.54, 1.807) is 29.6 Å². The Morgan fingerprint density at radius 2 is 1.70 bits per heavy atom. The summed E-state index contributed by atoms with van der Waals surface area (Å²) in [5.74, 6) is -3.53. The molecule has 8 nitrogen and oxygen atoms in total. The number of ether oxygens (including phenoxy) is 1. The molecule has 3 rings (SSSR count). The molecule has 0 spiro atoms. The fourth-order valence-corrected chi connectivity index (χ4v) is 3.17. The molecule has 0 bridgehead atoms. The van der Waals surface area contributed by atoms with Crippen molar-refractivity contribution in [2.24, 2.45) is 0 Å². The van der Waals surface area contributed by atoms with E-state index in [0.717, 1.165) is 16.2 Å². The number of nitrogens with zero attached hydrogens (tertiary/aromatic N) is 1. The maximum Gasteiger partial charge on any atom is 0.329 e. The summed E-state index contributed by atoms with van der Waals surface area (Å²) in [4.78, 5) is 61.5.